The number of aromatic nitrogens is 1. The number of nitrogens with zero attached hydrogens (tertiary/aromatic N) is 1. The highest BCUT2D eigenvalue weighted by Gasteiger charge is 2.24. The van der Waals surface area contributed by atoms with Gasteiger partial charge in [-0.3, -0.25) is 4.79 Å². The van der Waals surface area contributed by atoms with Crippen molar-refractivity contribution in [2.24, 2.45) is 5.92 Å². The molecule has 1 aromatic heterocycles. The molecule has 2 heterocycles. The highest BCUT2D eigenvalue weighted by molar-refractivity contribution is 7.90. The van der Waals surface area contributed by atoms with Crippen LogP contribution in [0.4, 0.5) is 0 Å². The van der Waals surface area contributed by atoms with E-state index in [-0.39, 0.29) is 23.5 Å². The van der Waals surface area contributed by atoms with Gasteiger partial charge in [-0.1, -0.05) is 20.3 Å². The van der Waals surface area contributed by atoms with E-state index in [1.165, 1.54) is 11.3 Å². The number of amides is 1. The molecule has 8 heteroatoms. The molecular formula is C13H20N2O4S2. The lowest BCUT2D eigenvalue weighted by molar-refractivity contribution is 0.0973. The van der Waals surface area contributed by atoms with E-state index in [4.69, 9.17) is 4.74 Å². The molecule has 21 heavy (non-hydrogen) atoms. The van der Waals surface area contributed by atoms with Crippen LogP contribution in [-0.4, -0.2) is 31.7 Å². The maximum absolute atomic E-state index is 12.0. The molecule has 2 rings (SSSR count). The maximum atomic E-state index is 12.0. The van der Waals surface area contributed by atoms with E-state index in [9.17, 15) is 13.2 Å². The molecule has 0 radical (unpaired) electrons. The Bertz CT molecular complexity index is 591. The van der Waals surface area contributed by atoms with E-state index < -0.39 is 15.9 Å². The number of nitrogens with one attached hydrogen (secondary N) is 1. The first kappa shape index (κ1) is 16.4. The predicted molar refractivity (Wildman–Crippen MR) is 80.7 cm³/mol. The summed E-state index contributed by atoms with van der Waals surface area (Å²) in [5, 5.41) is 2.31. The summed E-state index contributed by atoms with van der Waals surface area (Å²) in [5.74, 6) is -0.718. The summed E-state index contributed by atoms with van der Waals surface area (Å²) < 4.78 is 31.3. The second kappa shape index (κ2) is 6.85. The summed E-state index contributed by atoms with van der Waals surface area (Å²) in [6.45, 7) is 4.45. The zero-order valence-corrected chi connectivity index (χ0v) is 13.8. The molecule has 0 aromatic carbocycles. The van der Waals surface area contributed by atoms with Gasteiger partial charge in [-0.2, -0.15) is 0 Å². The molecule has 1 N–H and O–H groups in total. The summed E-state index contributed by atoms with van der Waals surface area (Å²) in [5.41, 5.74) is 0.137. The molecule has 0 saturated carbocycles. The number of hydrogen-bond acceptors (Lipinski definition) is 6. The number of thiazole rings is 1. The van der Waals surface area contributed by atoms with Gasteiger partial charge in [0, 0.05) is 12.0 Å². The molecule has 1 fully saturated rings. The molecule has 1 aliphatic heterocycles. The Morgan fingerprint density at radius 2 is 2.38 bits per heavy atom. The normalized spacial score (nSPS) is 20.4. The van der Waals surface area contributed by atoms with Crippen LogP contribution in [0.15, 0.2) is 5.38 Å². The van der Waals surface area contributed by atoms with E-state index in [2.05, 4.69) is 9.71 Å². The molecular weight excluding hydrogens is 312 g/mol. The second-order valence-corrected chi connectivity index (χ2v) is 7.96. The van der Waals surface area contributed by atoms with Crippen molar-refractivity contribution < 1.29 is 17.9 Å². The summed E-state index contributed by atoms with van der Waals surface area (Å²) in [6, 6.07) is 0. The first-order valence-electron chi connectivity index (χ1n) is 7.03. The topological polar surface area (TPSA) is 85.4 Å². The van der Waals surface area contributed by atoms with Crippen molar-refractivity contribution in [3.8, 4) is 0 Å². The largest absolute Gasteiger partial charge is 0.371 e. The molecule has 118 valence electrons. The minimum atomic E-state index is -3.62. The van der Waals surface area contributed by atoms with Crippen LogP contribution in [0.2, 0.25) is 0 Å². The lowest BCUT2D eigenvalue weighted by Gasteiger charge is -2.09. The highest BCUT2D eigenvalue weighted by atomic mass is 32.2. The van der Waals surface area contributed by atoms with Crippen molar-refractivity contribution in [1.82, 2.24) is 9.71 Å². The van der Waals surface area contributed by atoms with Crippen molar-refractivity contribution in [2.45, 2.75) is 39.2 Å². The van der Waals surface area contributed by atoms with Gasteiger partial charge in [0.15, 0.2) is 0 Å². The Morgan fingerprint density at radius 1 is 1.62 bits per heavy atom. The third-order valence-corrected chi connectivity index (χ3v) is 5.85. The second-order valence-electron chi connectivity index (χ2n) is 5.30. The maximum Gasteiger partial charge on any atom is 0.284 e. The van der Waals surface area contributed by atoms with Gasteiger partial charge < -0.3 is 4.74 Å². The van der Waals surface area contributed by atoms with E-state index in [1.807, 2.05) is 13.8 Å². The Hall–Kier alpha value is -0.990. The SMILES string of the molecule is CC[C@@H](C)CS(=O)(=O)NC(=O)c1csc([C@H]2CCCO2)n1. The number of hydrogen-bond donors (Lipinski definition) is 1. The Labute approximate surface area is 129 Å². The molecule has 1 saturated heterocycles. The molecule has 0 aliphatic carbocycles. The van der Waals surface area contributed by atoms with Gasteiger partial charge >= 0.3 is 0 Å². The average molecular weight is 332 g/mol. The predicted octanol–water partition coefficient (Wildman–Crippen LogP) is 2.10. The first-order valence-corrected chi connectivity index (χ1v) is 9.56. The number of carbonyl (C=O) groups excluding carboxylic acids is 1. The lowest BCUT2D eigenvalue weighted by atomic mass is 10.2. The number of sulfonamides is 1. The Kier molecular flexibility index (Phi) is 5.34. The van der Waals surface area contributed by atoms with Crippen molar-refractivity contribution in [2.75, 3.05) is 12.4 Å². The van der Waals surface area contributed by atoms with Gasteiger partial charge in [-0.15, -0.1) is 11.3 Å². The standard InChI is InChI=1S/C13H20N2O4S2/c1-3-9(2)8-21(17,18)15-12(16)10-7-20-13(14-10)11-5-4-6-19-11/h7,9,11H,3-6,8H2,1-2H3,(H,15,16)/t9-,11-/m1/s1. The molecule has 6 nitrogen and oxygen atoms in total. The van der Waals surface area contributed by atoms with Gasteiger partial charge in [0.05, 0.1) is 5.75 Å². The fraction of sp³-hybridized carbons (Fsp3) is 0.692. The average Bonchev–Trinajstić information content (AvgIpc) is 3.08. The fourth-order valence-electron chi connectivity index (χ4n) is 2.04. The lowest BCUT2D eigenvalue weighted by Crippen LogP contribution is -2.34. The molecule has 0 spiro atoms. The Morgan fingerprint density at radius 3 is 3.00 bits per heavy atom. The number of rotatable bonds is 6. The van der Waals surface area contributed by atoms with E-state index in [0.29, 0.717) is 6.61 Å². The third kappa shape index (κ3) is 4.49. The Balaban J connectivity index is 2.00. The zero-order chi connectivity index (χ0) is 15.5. The molecule has 1 amide bonds. The zero-order valence-electron chi connectivity index (χ0n) is 12.2. The van der Waals surface area contributed by atoms with Crippen LogP contribution in [0.3, 0.4) is 0 Å². The summed E-state index contributed by atoms with van der Waals surface area (Å²) in [6.07, 6.45) is 2.55. The van der Waals surface area contributed by atoms with Gasteiger partial charge in [0.2, 0.25) is 10.0 Å². The van der Waals surface area contributed by atoms with Crippen molar-refractivity contribution >= 4 is 27.3 Å². The van der Waals surface area contributed by atoms with Crippen LogP contribution in [0, 0.1) is 5.92 Å². The van der Waals surface area contributed by atoms with Crippen molar-refractivity contribution in [3.05, 3.63) is 16.1 Å². The molecule has 1 aromatic rings. The van der Waals surface area contributed by atoms with Gasteiger partial charge in [-0.25, -0.2) is 18.1 Å². The summed E-state index contributed by atoms with van der Waals surface area (Å²) in [7, 11) is -3.62. The summed E-state index contributed by atoms with van der Waals surface area (Å²) >= 11 is 1.33. The molecule has 1 aliphatic rings. The van der Waals surface area contributed by atoms with Crippen molar-refractivity contribution in [3.63, 3.8) is 0 Å². The minimum Gasteiger partial charge on any atom is -0.371 e. The van der Waals surface area contributed by atoms with Gasteiger partial charge in [0.25, 0.3) is 5.91 Å². The van der Waals surface area contributed by atoms with Gasteiger partial charge in [-0.05, 0) is 18.8 Å². The van der Waals surface area contributed by atoms with Crippen LogP contribution < -0.4 is 4.72 Å². The fourth-order valence-corrected chi connectivity index (χ4v) is 4.38. The molecule has 0 unspecified atom stereocenters. The van der Waals surface area contributed by atoms with E-state index in [1.54, 1.807) is 5.38 Å². The first-order chi connectivity index (χ1) is 9.91. The van der Waals surface area contributed by atoms with Crippen LogP contribution >= 0.6 is 11.3 Å². The smallest absolute Gasteiger partial charge is 0.284 e. The van der Waals surface area contributed by atoms with Crippen molar-refractivity contribution in [1.29, 1.82) is 0 Å². The van der Waals surface area contributed by atoms with Crippen LogP contribution in [0.1, 0.15) is 54.7 Å². The number of carbonyl (C=O) groups is 1. The van der Waals surface area contributed by atoms with Crippen LogP contribution in [0.5, 0.6) is 0 Å². The number of ether oxygens (including phenoxy) is 1. The monoisotopic (exact) mass is 332 g/mol. The molecule has 0 bridgehead atoms. The highest BCUT2D eigenvalue weighted by Crippen LogP contribution is 2.30. The molecule has 2 atom stereocenters. The quantitative estimate of drug-likeness (QED) is 0.862. The summed E-state index contributed by atoms with van der Waals surface area (Å²) in [4.78, 5) is 16.2. The van der Waals surface area contributed by atoms with E-state index >= 15 is 0 Å². The third-order valence-electron chi connectivity index (χ3n) is 3.41. The van der Waals surface area contributed by atoms with E-state index in [0.717, 1.165) is 24.3 Å². The van der Waals surface area contributed by atoms with Gasteiger partial charge in [0.1, 0.15) is 16.8 Å². The van der Waals surface area contributed by atoms with Crippen LogP contribution in [-0.2, 0) is 14.8 Å². The van der Waals surface area contributed by atoms with Crippen LogP contribution in [0.25, 0.3) is 0 Å². The minimum absolute atomic E-state index is 0.00758.